The zero-order chi connectivity index (χ0) is 13.5. The van der Waals surface area contributed by atoms with Crippen LogP contribution in [0.2, 0.25) is 0 Å². The second-order valence-corrected chi connectivity index (χ2v) is 5.31. The fourth-order valence-electron chi connectivity index (χ4n) is 2.43. The molecule has 1 aliphatic rings. The van der Waals surface area contributed by atoms with Crippen LogP contribution in [0.25, 0.3) is 0 Å². The Hall–Kier alpha value is -1.22. The van der Waals surface area contributed by atoms with Gasteiger partial charge in [0, 0.05) is 19.0 Å². The molecule has 4 heteroatoms. The average molecular weight is 282 g/mol. The minimum atomic E-state index is 0.0723. The number of likely N-dealkylation sites (tertiary alicyclic amines) is 1. The van der Waals surface area contributed by atoms with Gasteiger partial charge in [0.25, 0.3) is 5.91 Å². The number of amides is 1. The largest absolute Gasteiger partial charge is 0.484 e. The second-order valence-electron chi connectivity index (χ2n) is 4.93. The first-order chi connectivity index (χ1) is 9.29. The molecule has 104 valence electrons. The van der Waals surface area contributed by atoms with Crippen molar-refractivity contribution >= 4 is 17.5 Å². The number of hydrogen-bond donors (Lipinski definition) is 0. The second kappa shape index (κ2) is 7.39. The van der Waals surface area contributed by atoms with Crippen molar-refractivity contribution in [3.63, 3.8) is 0 Å². The summed E-state index contributed by atoms with van der Waals surface area (Å²) >= 11 is 5.78. The van der Waals surface area contributed by atoms with Crippen LogP contribution < -0.4 is 4.74 Å². The number of benzene rings is 1. The van der Waals surface area contributed by atoms with Gasteiger partial charge in [0.2, 0.25) is 0 Å². The van der Waals surface area contributed by atoms with E-state index in [0.29, 0.717) is 11.8 Å². The molecule has 2 rings (SSSR count). The van der Waals surface area contributed by atoms with E-state index in [2.05, 4.69) is 0 Å². The fourth-order valence-corrected chi connectivity index (χ4v) is 2.74. The molecule has 1 aromatic rings. The summed E-state index contributed by atoms with van der Waals surface area (Å²) in [4.78, 5) is 14.0. The van der Waals surface area contributed by atoms with Crippen LogP contribution in [-0.2, 0) is 4.79 Å². The van der Waals surface area contributed by atoms with Crippen molar-refractivity contribution in [2.45, 2.75) is 19.3 Å². The van der Waals surface area contributed by atoms with Gasteiger partial charge in [-0.15, -0.1) is 11.6 Å². The van der Waals surface area contributed by atoms with Crippen LogP contribution in [0.4, 0.5) is 0 Å². The summed E-state index contributed by atoms with van der Waals surface area (Å²) < 4.78 is 5.50. The number of hydrogen-bond acceptors (Lipinski definition) is 2. The van der Waals surface area contributed by atoms with Gasteiger partial charge in [-0.2, -0.15) is 0 Å². The molecular weight excluding hydrogens is 262 g/mol. The van der Waals surface area contributed by atoms with Crippen molar-refractivity contribution in [1.29, 1.82) is 0 Å². The summed E-state index contributed by atoms with van der Waals surface area (Å²) in [6, 6.07) is 9.45. The van der Waals surface area contributed by atoms with Crippen molar-refractivity contribution in [3.05, 3.63) is 30.3 Å². The quantitative estimate of drug-likeness (QED) is 0.777. The maximum atomic E-state index is 12.1. The predicted octanol–water partition coefficient (Wildman–Crippen LogP) is 2.93. The molecule has 0 bridgehead atoms. The van der Waals surface area contributed by atoms with Crippen LogP contribution in [-0.4, -0.2) is 36.4 Å². The van der Waals surface area contributed by atoms with Gasteiger partial charge in [-0.25, -0.2) is 0 Å². The zero-order valence-corrected chi connectivity index (χ0v) is 11.8. The molecule has 1 atom stereocenters. The molecule has 0 aromatic heterocycles. The first kappa shape index (κ1) is 14.2. The molecule has 19 heavy (non-hydrogen) atoms. The molecule has 1 fully saturated rings. The highest BCUT2D eigenvalue weighted by Crippen LogP contribution is 2.20. The highest BCUT2D eigenvalue weighted by Gasteiger charge is 2.23. The third-order valence-electron chi connectivity index (χ3n) is 3.49. The average Bonchev–Trinajstić information content (AvgIpc) is 2.46. The maximum Gasteiger partial charge on any atom is 0.260 e. The topological polar surface area (TPSA) is 29.5 Å². The molecule has 1 aliphatic heterocycles. The number of ether oxygens (including phenoxy) is 1. The van der Waals surface area contributed by atoms with Crippen LogP contribution in [0, 0.1) is 5.92 Å². The highest BCUT2D eigenvalue weighted by atomic mass is 35.5. The van der Waals surface area contributed by atoms with Gasteiger partial charge < -0.3 is 9.64 Å². The molecule has 0 aliphatic carbocycles. The van der Waals surface area contributed by atoms with Gasteiger partial charge in [0.05, 0.1) is 0 Å². The Morgan fingerprint density at radius 1 is 1.37 bits per heavy atom. The Labute approximate surface area is 119 Å². The van der Waals surface area contributed by atoms with E-state index in [-0.39, 0.29) is 12.5 Å². The van der Waals surface area contributed by atoms with Gasteiger partial charge in [-0.3, -0.25) is 4.79 Å². The minimum absolute atomic E-state index is 0.0723. The van der Waals surface area contributed by atoms with Crippen molar-refractivity contribution in [2.75, 3.05) is 25.6 Å². The van der Waals surface area contributed by atoms with Crippen molar-refractivity contribution in [3.8, 4) is 5.75 Å². The van der Waals surface area contributed by atoms with Crippen molar-refractivity contribution in [2.24, 2.45) is 5.92 Å². The lowest BCUT2D eigenvalue weighted by molar-refractivity contribution is -0.135. The lowest BCUT2D eigenvalue weighted by Crippen LogP contribution is -2.42. The number of nitrogens with zero attached hydrogens (tertiary/aromatic N) is 1. The Morgan fingerprint density at radius 3 is 2.89 bits per heavy atom. The molecular formula is C15H20ClNO2. The smallest absolute Gasteiger partial charge is 0.260 e. The predicted molar refractivity (Wildman–Crippen MR) is 76.6 cm³/mol. The highest BCUT2D eigenvalue weighted by molar-refractivity contribution is 6.17. The monoisotopic (exact) mass is 281 g/mol. The Morgan fingerprint density at radius 2 is 2.16 bits per heavy atom. The number of alkyl halides is 1. The van der Waals surface area contributed by atoms with E-state index >= 15 is 0 Å². The number of para-hydroxylation sites is 1. The van der Waals surface area contributed by atoms with Gasteiger partial charge in [0.1, 0.15) is 5.75 Å². The number of rotatable bonds is 5. The molecule has 0 radical (unpaired) electrons. The lowest BCUT2D eigenvalue weighted by atomic mass is 9.95. The third-order valence-corrected chi connectivity index (χ3v) is 3.71. The van der Waals surface area contributed by atoms with Crippen molar-refractivity contribution in [1.82, 2.24) is 4.90 Å². The molecule has 1 heterocycles. The van der Waals surface area contributed by atoms with Gasteiger partial charge >= 0.3 is 0 Å². The Bertz CT molecular complexity index is 394. The first-order valence-corrected chi connectivity index (χ1v) is 7.34. The molecule has 0 N–H and O–H groups in total. The Kier molecular flexibility index (Phi) is 5.52. The number of piperidine rings is 1. The van der Waals surface area contributed by atoms with E-state index in [1.54, 1.807) is 0 Å². The van der Waals surface area contributed by atoms with Gasteiger partial charge in [0.15, 0.2) is 6.61 Å². The van der Waals surface area contributed by atoms with E-state index in [1.165, 1.54) is 6.42 Å². The molecule has 1 unspecified atom stereocenters. The van der Waals surface area contributed by atoms with Crippen LogP contribution in [0.3, 0.4) is 0 Å². The zero-order valence-electron chi connectivity index (χ0n) is 11.1. The van der Waals surface area contributed by atoms with Crippen LogP contribution in [0.5, 0.6) is 5.75 Å². The summed E-state index contributed by atoms with van der Waals surface area (Å²) in [7, 11) is 0. The summed E-state index contributed by atoms with van der Waals surface area (Å²) in [6.07, 6.45) is 3.24. The summed E-state index contributed by atoms with van der Waals surface area (Å²) in [5.41, 5.74) is 0. The number of halogens is 1. The van der Waals surface area contributed by atoms with Crippen LogP contribution in [0.1, 0.15) is 19.3 Å². The minimum Gasteiger partial charge on any atom is -0.484 e. The van der Waals surface area contributed by atoms with E-state index in [1.807, 2.05) is 35.2 Å². The molecule has 0 spiro atoms. The molecule has 0 saturated carbocycles. The summed E-state index contributed by atoms with van der Waals surface area (Å²) in [6.45, 7) is 1.79. The Balaban J connectivity index is 1.79. The van der Waals surface area contributed by atoms with E-state index in [4.69, 9.17) is 16.3 Å². The van der Waals surface area contributed by atoms with E-state index in [9.17, 15) is 4.79 Å². The van der Waals surface area contributed by atoms with Crippen molar-refractivity contribution < 1.29 is 9.53 Å². The third kappa shape index (κ3) is 4.43. The van der Waals surface area contributed by atoms with Gasteiger partial charge in [-0.1, -0.05) is 18.2 Å². The molecule has 3 nitrogen and oxygen atoms in total. The van der Waals surface area contributed by atoms with Crippen LogP contribution in [0.15, 0.2) is 30.3 Å². The number of carbonyl (C=O) groups is 1. The van der Waals surface area contributed by atoms with E-state index < -0.39 is 0 Å². The first-order valence-electron chi connectivity index (χ1n) is 6.81. The molecule has 1 aromatic carbocycles. The SMILES string of the molecule is O=C(COc1ccccc1)N1CCCC(CCCl)C1. The molecule has 1 amide bonds. The fraction of sp³-hybridized carbons (Fsp3) is 0.533. The maximum absolute atomic E-state index is 12.1. The normalized spacial score (nSPS) is 19.2. The van der Waals surface area contributed by atoms with Crippen LogP contribution >= 0.6 is 11.6 Å². The lowest BCUT2D eigenvalue weighted by Gasteiger charge is -2.32. The standard InChI is InChI=1S/C15H20ClNO2/c16-9-8-13-5-4-10-17(11-13)15(18)12-19-14-6-2-1-3-7-14/h1-3,6-7,13H,4-5,8-12H2. The molecule has 1 saturated heterocycles. The summed E-state index contributed by atoms with van der Waals surface area (Å²) in [5.74, 6) is 2.04. The van der Waals surface area contributed by atoms with Gasteiger partial charge in [-0.05, 0) is 37.3 Å². The summed E-state index contributed by atoms with van der Waals surface area (Å²) in [5, 5.41) is 0. The number of carbonyl (C=O) groups excluding carboxylic acids is 1. The van der Waals surface area contributed by atoms with E-state index in [0.717, 1.165) is 31.7 Å².